The van der Waals surface area contributed by atoms with Crippen LogP contribution < -0.4 is 5.73 Å². The summed E-state index contributed by atoms with van der Waals surface area (Å²) in [6.07, 6.45) is 1.62. The molecule has 1 aliphatic rings. The molecule has 1 rings (SSSR count). The van der Waals surface area contributed by atoms with Crippen LogP contribution in [0.5, 0.6) is 0 Å². The van der Waals surface area contributed by atoms with E-state index in [1.54, 1.807) is 0 Å². The van der Waals surface area contributed by atoms with Crippen LogP contribution in [0.3, 0.4) is 0 Å². The van der Waals surface area contributed by atoms with E-state index in [0.717, 1.165) is 12.0 Å². The quantitative estimate of drug-likeness (QED) is 0.618. The first-order valence-corrected chi connectivity index (χ1v) is 3.82. The van der Waals surface area contributed by atoms with Gasteiger partial charge in [0.25, 0.3) is 0 Å². The van der Waals surface area contributed by atoms with Crippen LogP contribution >= 0.6 is 0 Å². The second-order valence-corrected chi connectivity index (χ2v) is 2.95. The summed E-state index contributed by atoms with van der Waals surface area (Å²) in [5.74, 6) is -0.430. The normalized spacial score (nSPS) is 24.4. The second-order valence-electron chi connectivity index (χ2n) is 2.95. The molecule has 62 valence electrons. The second kappa shape index (κ2) is 3.05. The molecular formula is C8H13NO2. The zero-order valence-electron chi connectivity index (χ0n) is 6.63. The fourth-order valence-electron chi connectivity index (χ4n) is 1.56. The third-order valence-electron chi connectivity index (χ3n) is 2.29. The highest BCUT2D eigenvalue weighted by molar-refractivity contribution is 5.88. The number of carbonyl (C=O) groups is 1. The Morgan fingerprint density at radius 3 is 2.82 bits per heavy atom. The molecule has 0 aromatic carbocycles. The van der Waals surface area contributed by atoms with E-state index in [4.69, 9.17) is 10.8 Å². The minimum atomic E-state index is -0.796. The number of hydrogen-bond donors (Lipinski definition) is 2. The summed E-state index contributed by atoms with van der Waals surface area (Å²) in [5.41, 5.74) is 6.90. The van der Waals surface area contributed by atoms with Crippen LogP contribution in [0.1, 0.15) is 19.8 Å². The molecule has 0 aromatic rings. The van der Waals surface area contributed by atoms with E-state index in [-0.39, 0.29) is 0 Å². The Hall–Kier alpha value is -0.830. The van der Waals surface area contributed by atoms with Gasteiger partial charge in [0.05, 0.1) is 0 Å². The molecule has 0 heterocycles. The minimum Gasteiger partial charge on any atom is -0.478 e. The molecule has 0 aliphatic heterocycles. The average Bonchev–Trinajstić information content (AvgIpc) is 2.30. The third kappa shape index (κ3) is 1.43. The molecule has 1 unspecified atom stereocenters. The third-order valence-corrected chi connectivity index (χ3v) is 2.29. The number of carboxylic acids is 1. The lowest BCUT2D eigenvalue weighted by molar-refractivity contribution is -0.132. The van der Waals surface area contributed by atoms with Crippen LogP contribution in [0.25, 0.3) is 0 Å². The largest absolute Gasteiger partial charge is 0.478 e. The highest BCUT2D eigenvalue weighted by Gasteiger charge is 2.24. The molecule has 0 bridgehead atoms. The maximum Gasteiger partial charge on any atom is 0.331 e. The van der Waals surface area contributed by atoms with E-state index in [9.17, 15) is 4.79 Å². The molecule has 0 saturated heterocycles. The summed E-state index contributed by atoms with van der Waals surface area (Å²) in [6, 6.07) is 0. The van der Waals surface area contributed by atoms with Crippen molar-refractivity contribution in [1.29, 1.82) is 0 Å². The van der Waals surface area contributed by atoms with Crippen LogP contribution in [0, 0.1) is 5.92 Å². The van der Waals surface area contributed by atoms with Crippen molar-refractivity contribution in [2.24, 2.45) is 11.7 Å². The van der Waals surface area contributed by atoms with Crippen molar-refractivity contribution in [3.63, 3.8) is 0 Å². The summed E-state index contributed by atoms with van der Waals surface area (Å²) >= 11 is 0. The Balaban J connectivity index is 2.88. The fraction of sp³-hybridized carbons (Fsp3) is 0.625. The first-order chi connectivity index (χ1) is 5.16. The van der Waals surface area contributed by atoms with Gasteiger partial charge in [-0.25, -0.2) is 4.79 Å². The van der Waals surface area contributed by atoms with Crippen molar-refractivity contribution in [2.45, 2.75) is 19.8 Å². The Morgan fingerprint density at radius 2 is 2.45 bits per heavy atom. The molecule has 3 N–H and O–H groups in total. The first kappa shape index (κ1) is 8.27. The molecule has 0 spiro atoms. The number of aliphatic carboxylic acids is 1. The predicted molar refractivity (Wildman–Crippen MR) is 42.1 cm³/mol. The van der Waals surface area contributed by atoms with Crippen LogP contribution in [-0.4, -0.2) is 17.6 Å². The van der Waals surface area contributed by atoms with E-state index in [0.29, 0.717) is 24.5 Å². The lowest BCUT2D eigenvalue weighted by Gasteiger charge is -2.05. The van der Waals surface area contributed by atoms with E-state index in [1.807, 2.05) is 6.92 Å². The van der Waals surface area contributed by atoms with Gasteiger partial charge in [-0.1, -0.05) is 6.92 Å². The molecule has 1 aliphatic carbocycles. The summed E-state index contributed by atoms with van der Waals surface area (Å²) in [7, 11) is 0. The van der Waals surface area contributed by atoms with Gasteiger partial charge in [0, 0.05) is 12.1 Å². The standard InChI is InChI=1S/C8H13NO2/c1-5-2-3-6(8(10)11)7(5)4-9/h5H,2-4,9H2,1H3,(H,10,11). The molecule has 11 heavy (non-hydrogen) atoms. The summed E-state index contributed by atoms with van der Waals surface area (Å²) in [6.45, 7) is 2.42. The molecule has 0 amide bonds. The van der Waals surface area contributed by atoms with Crippen molar-refractivity contribution in [1.82, 2.24) is 0 Å². The number of rotatable bonds is 2. The number of carboxylic acid groups (broad SMARTS) is 1. The van der Waals surface area contributed by atoms with Crippen molar-refractivity contribution in [3.8, 4) is 0 Å². The van der Waals surface area contributed by atoms with Gasteiger partial charge in [0.2, 0.25) is 0 Å². The maximum atomic E-state index is 10.6. The van der Waals surface area contributed by atoms with Crippen molar-refractivity contribution in [2.75, 3.05) is 6.54 Å². The van der Waals surface area contributed by atoms with Crippen LogP contribution in [0.4, 0.5) is 0 Å². The molecule has 0 saturated carbocycles. The highest BCUT2D eigenvalue weighted by Crippen LogP contribution is 2.30. The fourth-order valence-corrected chi connectivity index (χ4v) is 1.56. The molecule has 1 atom stereocenters. The van der Waals surface area contributed by atoms with Crippen LogP contribution in [0.2, 0.25) is 0 Å². The van der Waals surface area contributed by atoms with Crippen LogP contribution in [-0.2, 0) is 4.79 Å². The van der Waals surface area contributed by atoms with Crippen molar-refractivity contribution >= 4 is 5.97 Å². The topological polar surface area (TPSA) is 63.3 Å². The van der Waals surface area contributed by atoms with Gasteiger partial charge in [0.1, 0.15) is 0 Å². The van der Waals surface area contributed by atoms with Gasteiger partial charge in [-0.3, -0.25) is 0 Å². The first-order valence-electron chi connectivity index (χ1n) is 3.82. The molecule has 0 aromatic heterocycles. The predicted octanol–water partition coefficient (Wildman–Crippen LogP) is 0.756. The highest BCUT2D eigenvalue weighted by atomic mass is 16.4. The summed E-state index contributed by atoms with van der Waals surface area (Å²) in [5, 5.41) is 8.72. The monoisotopic (exact) mass is 155 g/mol. The van der Waals surface area contributed by atoms with Gasteiger partial charge in [0.15, 0.2) is 0 Å². The van der Waals surface area contributed by atoms with Crippen molar-refractivity contribution < 1.29 is 9.90 Å². The van der Waals surface area contributed by atoms with E-state index >= 15 is 0 Å². The Kier molecular flexibility index (Phi) is 2.29. The molecule has 0 radical (unpaired) electrons. The Labute approximate surface area is 65.9 Å². The van der Waals surface area contributed by atoms with Gasteiger partial charge >= 0.3 is 5.97 Å². The van der Waals surface area contributed by atoms with Gasteiger partial charge in [-0.15, -0.1) is 0 Å². The number of hydrogen-bond acceptors (Lipinski definition) is 2. The number of nitrogens with two attached hydrogens (primary N) is 1. The van der Waals surface area contributed by atoms with E-state index in [2.05, 4.69) is 0 Å². The zero-order valence-corrected chi connectivity index (χ0v) is 6.63. The van der Waals surface area contributed by atoms with E-state index < -0.39 is 5.97 Å². The maximum absolute atomic E-state index is 10.6. The van der Waals surface area contributed by atoms with Gasteiger partial charge in [-0.2, -0.15) is 0 Å². The average molecular weight is 155 g/mol. The smallest absolute Gasteiger partial charge is 0.331 e. The van der Waals surface area contributed by atoms with Gasteiger partial charge < -0.3 is 10.8 Å². The van der Waals surface area contributed by atoms with Crippen molar-refractivity contribution in [3.05, 3.63) is 11.1 Å². The molecular weight excluding hydrogens is 142 g/mol. The minimum absolute atomic E-state index is 0.367. The summed E-state index contributed by atoms with van der Waals surface area (Å²) in [4.78, 5) is 10.6. The molecule has 0 fully saturated rings. The van der Waals surface area contributed by atoms with Gasteiger partial charge in [-0.05, 0) is 24.3 Å². The van der Waals surface area contributed by atoms with E-state index in [1.165, 1.54) is 0 Å². The zero-order chi connectivity index (χ0) is 8.43. The molecule has 3 heteroatoms. The lowest BCUT2D eigenvalue weighted by Crippen LogP contribution is -2.11. The SMILES string of the molecule is CC1CCC(C(=O)O)=C1CN. The Bertz CT molecular complexity index is 208. The lowest BCUT2D eigenvalue weighted by atomic mass is 10.0. The van der Waals surface area contributed by atoms with Crippen LogP contribution in [0.15, 0.2) is 11.1 Å². The summed E-state index contributed by atoms with van der Waals surface area (Å²) < 4.78 is 0. The Morgan fingerprint density at radius 1 is 1.82 bits per heavy atom. The molecule has 3 nitrogen and oxygen atoms in total.